The van der Waals surface area contributed by atoms with Crippen molar-refractivity contribution in [1.29, 1.82) is 0 Å². The van der Waals surface area contributed by atoms with E-state index in [1.54, 1.807) is 0 Å². The number of amides is 1. The second-order valence-corrected chi connectivity index (χ2v) is 6.85. The third kappa shape index (κ3) is 4.45. The summed E-state index contributed by atoms with van der Waals surface area (Å²) in [5, 5.41) is 12.4. The Labute approximate surface area is 127 Å². The number of nitrogens with one attached hydrogen (secondary N) is 1. The Balaban J connectivity index is 1.86. The van der Waals surface area contributed by atoms with Crippen LogP contribution in [0.25, 0.3) is 0 Å². The minimum absolute atomic E-state index is 0.0935. The molecule has 0 aromatic carbocycles. The highest BCUT2D eigenvalue weighted by molar-refractivity contribution is 5.80. The highest BCUT2D eigenvalue weighted by Crippen LogP contribution is 2.33. The lowest BCUT2D eigenvalue weighted by Gasteiger charge is -2.36. The molecule has 2 N–H and O–H groups in total. The van der Waals surface area contributed by atoms with Gasteiger partial charge < -0.3 is 10.4 Å². The summed E-state index contributed by atoms with van der Waals surface area (Å²) in [5.74, 6) is -0.404. The number of hydrogen-bond donors (Lipinski definition) is 2. The molecule has 0 aromatic heterocycles. The molecule has 0 spiro atoms. The van der Waals surface area contributed by atoms with Crippen LogP contribution in [-0.2, 0) is 9.59 Å². The van der Waals surface area contributed by atoms with Gasteiger partial charge in [0.2, 0.25) is 5.91 Å². The number of carboxylic acids is 1. The Kier molecular flexibility index (Phi) is 6.07. The van der Waals surface area contributed by atoms with E-state index in [1.807, 2.05) is 0 Å². The SMILES string of the molecule is CCCCC(NC(=O)C1CCCC(C(=O)O)C1)C1CCC1. The van der Waals surface area contributed by atoms with Crippen molar-refractivity contribution in [2.24, 2.45) is 17.8 Å². The molecule has 2 aliphatic rings. The molecule has 2 rings (SSSR count). The Hall–Kier alpha value is -1.06. The normalized spacial score (nSPS) is 27.7. The zero-order chi connectivity index (χ0) is 15.2. The van der Waals surface area contributed by atoms with E-state index >= 15 is 0 Å². The van der Waals surface area contributed by atoms with Gasteiger partial charge in [0.25, 0.3) is 0 Å². The topological polar surface area (TPSA) is 66.4 Å². The van der Waals surface area contributed by atoms with Crippen LogP contribution in [0.15, 0.2) is 0 Å². The molecule has 2 aliphatic carbocycles. The van der Waals surface area contributed by atoms with E-state index in [1.165, 1.54) is 19.3 Å². The van der Waals surface area contributed by atoms with E-state index in [9.17, 15) is 9.59 Å². The summed E-state index contributed by atoms with van der Waals surface area (Å²) in [7, 11) is 0. The minimum atomic E-state index is -0.742. The monoisotopic (exact) mass is 295 g/mol. The lowest BCUT2D eigenvalue weighted by molar-refractivity contribution is -0.144. The second-order valence-electron chi connectivity index (χ2n) is 6.85. The number of rotatable bonds is 7. The lowest BCUT2D eigenvalue weighted by Crippen LogP contribution is -2.46. The lowest BCUT2D eigenvalue weighted by atomic mass is 9.77. The molecular formula is C17H29NO3. The molecule has 3 unspecified atom stereocenters. The number of carbonyl (C=O) groups excluding carboxylic acids is 1. The van der Waals surface area contributed by atoms with Gasteiger partial charge in [0, 0.05) is 12.0 Å². The highest BCUT2D eigenvalue weighted by Gasteiger charge is 2.34. The van der Waals surface area contributed by atoms with Crippen LogP contribution in [0, 0.1) is 17.8 Å². The van der Waals surface area contributed by atoms with Gasteiger partial charge in [-0.1, -0.05) is 32.6 Å². The average molecular weight is 295 g/mol. The molecule has 4 heteroatoms. The molecular weight excluding hydrogens is 266 g/mol. The van der Waals surface area contributed by atoms with Crippen molar-refractivity contribution >= 4 is 11.9 Å². The number of hydrogen-bond acceptors (Lipinski definition) is 2. The van der Waals surface area contributed by atoms with Gasteiger partial charge in [0.1, 0.15) is 0 Å². The predicted octanol–water partition coefficient (Wildman–Crippen LogP) is 3.35. The third-order valence-electron chi connectivity index (χ3n) is 5.31. The van der Waals surface area contributed by atoms with Gasteiger partial charge >= 0.3 is 5.97 Å². The third-order valence-corrected chi connectivity index (χ3v) is 5.31. The van der Waals surface area contributed by atoms with E-state index in [-0.39, 0.29) is 17.7 Å². The summed E-state index contributed by atoms with van der Waals surface area (Å²) < 4.78 is 0. The molecule has 120 valence electrons. The van der Waals surface area contributed by atoms with Crippen molar-refractivity contribution in [1.82, 2.24) is 5.32 Å². The maximum atomic E-state index is 12.5. The van der Waals surface area contributed by atoms with Crippen LogP contribution < -0.4 is 5.32 Å². The molecule has 4 nitrogen and oxygen atoms in total. The Morgan fingerprint density at radius 1 is 1.14 bits per heavy atom. The smallest absolute Gasteiger partial charge is 0.306 e. The maximum absolute atomic E-state index is 12.5. The molecule has 0 radical (unpaired) electrons. The Morgan fingerprint density at radius 2 is 1.81 bits per heavy atom. The van der Waals surface area contributed by atoms with Gasteiger partial charge in [0.05, 0.1) is 5.92 Å². The Morgan fingerprint density at radius 3 is 2.38 bits per heavy atom. The minimum Gasteiger partial charge on any atom is -0.481 e. The van der Waals surface area contributed by atoms with Crippen LogP contribution in [0.1, 0.15) is 71.1 Å². The number of carbonyl (C=O) groups is 2. The highest BCUT2D eigenvalue weighted by atomic mass is 16.4. The average Bonchev–Trinajstić information content (AvgIpc) is 2.42. The molecule has 0 bridgehead atoms. The molecule has 0 saturated heterocycles. The summed E-state index contributed by atoms with van der Waals surface area (Å²) in [6.45, 7) is 2.18. The zero-order valence-corrected chi connectivity index (χ0v) is 13.1. The van der Waals surface area contributed by atoms with Crippen molar-refractivity contribution < 1.29 is 14.7 Å². The predicted molar refractivity (Wildman–Crippen MR) is 81.9 cm³/mol. The summed E-state index contributed by atoms with van der Waals surface area (Å²) >= 11 is 0. The van der Waals surface area contributed by atoms with Crippen molar-refractivity contribution in [2.75, 3.05) is 0 Å². The van der Waals surface area contributed by atoms with E-state index < -0.39 is 5.97 Å². The van der Waals surface area contributed by atoms with Gasteiger partial charge in [0.15, 0.2) is 0 Å². The van der Waals surface area contributed by atoms with Gasteiger partial charge in [-0.3, -0.25) is 9.59 Å². The largest absolute Gasteiger partial charge is 0.481 e. The number of carboxylic acid groups (broad SMARTS) is 1. The number of aliphatic carboxylic acids is 1. The van der Waals surface area contributed by atoms with Crippen molar-refractivity contribution in [3.8, 4) is 0 Å². The second kappa shape index (κ2) is 7.81. The van der Waals surface area contributed by atoms with Crippen LogP contribution in [0.4, 0.5) is 0 Å². The van der Waals surface area contributed by atoms with E-state index in [0.717, 1.165) is 38.5 Å². The van der Waals surface area contributed by atoms with Crippen LogP contribution in [0.3, 0.4) is 0 Å². The first-order valence-corrected chi connectivity index (χ1v) is 8.65. The molecule has 2 saturated carbocycles. The van der Waals surface area contributed by atoms with E-state index in [0.29, 0.717) is 18.4 Å². The van der Waals surface area contributed by atoms with Gasteiger partial charge in [-0.05, 0) is 44.4 Å². The van der Waals surface area contributed by atoms with Crippen molar-refractivity contribution in [2.45, 2.75) is 77.2 Å². The van der Waals surface area contributed by atoms with Crippen LogP contribution in [0.5, 0.6) is 0 Å². The quantitative estimate of drug-likeness (QED) is 0.757. The maximum Gasteiger partial charge on any atom is 0.306 e. The first kappa shape index (κ1) is 16.3. The van der Waals surface area contributed by atoms with E-state index in [2.05, 4.69) is 12.2 Å². The molecule has 21 heavy (non-hydrogen) atoms. The summed E-state index contributed by atoms with van der Waals surface area (Å²) in [6.07, 6.45) is 10.1. The standard InChI is InChI=1S/C17H29NO3/c1-2-3-10-15(12-6-4-7-12)18-16(19)13-8-5-9-14(11-13)17(20)21/h12-15H,2-11H2,1H3,(H,18,19)(H,20,21). The molecule has 0 aromatic rings. The fourth-order valence-corrected chi connectivity index (χ4v) is 3.64. The van der Waals surface area contributed by atoms with Crippen LogP contribution in [0.2, 0.25) is 0 Å². The zero-order valence-electron chi connectivity index (χ0n) is 13.1. The molecule has 2 fully saturated rings. The first-order chi connectivity index (χ1) is 10.1. The van der Waals surface area contributed by atoms with Gasteiger partial charge in [-0.25, -0.2) is 0 Å². The summed E-state index contributed by atoms with van der Waals surface area (Å²) in [4.78, 5) is 23.6. The molecule has 1 amide bonds. The fourth-order valence-electron chi connectivity index (χ4n) is 3.64. The molecule has 0 heterocycles. The van der Waals surface area contributed by atoms with Crippen molar-refractivity contribution in [3.63, 3.8) is 0 Å². The molecule has 3 atom stereocenters. The number of unbranched alkanes of at least 4 members (excludes halogenated alkanes) is 1. The Bertz CT molecular complexity index is 365. The van der Waals surface area contributed by atoms with Gasteiger partial charge in [-0.2, -0.15) is 0 Å². The molecule has 0 aliphatic heterocycles. The fraction of sp³-hybridized carbons (Fsp3) is 0.882. The van der Waals surface area contributed by atoms with Crippen molar-refractivity contribution in [3.05, 3.63) is 0 Å². The summed E-state index contributed by atoms with van der Waals surface area (Å²) in [5.41, 5.74) is 0. The summed E-state index contributed by atoms with van der Waals surface area (Å²) in [6, 6.07) is 0.316. The first-order valence-electron chi connectivity index (χ1n) is 8.65. The van der Waals surface area contributed by atoms with Gasteiger partial charge in [-0.15, -0.1) is 0 Å². The van der Waals surface area contributed by atoms with Crippen LogP contribution in [-0.4, -0.2) is 23.0 Å². The van der Waals surface area contributed by atoms with Crippen LogP contribution >= 0.6 is 0 Å². The van der Waals surface area contributed by atoms with E-state index in [4.69, 9.17) is 5.11 Å².